The van der Waals surface area contributed by atoms with Crippen molar-refractivity contribution >= 4 is 23.3 Å². The maximum Gasteiger partial charge on any atom is 0.273 e. The zero-order valence-corrected chi connectivity index (χ0v) is 20.1. The lowest BCUT2D eigenvalue weighted by Crippen LogP contribution is -2.46. The van der Waals surface area contributed by atoms with Gasteiger partial charge in [-0.3, -0.25) is 14.9 Å². The second-order valence-electron chi connectivity index (χ2n) is 9.03. The van der Waals surface area contributed by atoms with Crippen LogP contribution in [0, 0.1) is 0 Å². The fourth-order valence-corrected chi connectivity index (χ4v) is 4.56. The van der Waals surface area contributed by atoms with Gasteiger partial charge in [0, 0.05) is 17.3 Å². The van der Waals surface area contributed by atoms with Crippen LogP contribution >= 0.6 is 0 Å². The van der Waals surface area contributed by atoms with Crippen molar-refractivity contribution in [2.75, 3.05) is 25.4 Å². The molecule has 3 aromatic rings. The number of amidine groups is 1. The Morgan fingerprint density at radius 3 is 2.78 bits per heavy atom. The Hall–Kier alpha value is -4.58. The second kappa shape index (κ2) is 9.82. The van der Waals surface area contributed by atoms with Crippen molar-refractivity contribution < 1.29 is 4.79 Å². The van der Waals surface area contributed by atoms with E-state index < -0.39 is 5.91 Å². The summed E-state index contributed by atoms with van der Waals surface area (Å²) < 4.78 is 1.97. The number of benzene rings is 1. The topological polar surface area (TPSA) is 151 Å². The van der Waals surface area contributed by atoms with Crippen molar-refractivity contribution in [2.24, 2.45) is 10.2 Å². The molecule has 1 atom stereocenters. The van der Waals surface area contributed by atoms with Crippen LogP contribution in [0.4, 0.5) is 5.82 Å². The fraction of sp³-hybridized carbons (Fsp3) is 0.280. The highest BCUT2D eigenvalue weighted by Crippen LogP contribution is 2.23. The van der Waals surface area contributed by atoms with Crippen molar-refractivity contribution in [3.63, 3.8) is 0 Å². The summed E-state index contributed by atoms with van der Waals surface area (Å²) in [6, 6.07) is 10.2. The number of anilines is 1. The van der Waals surface area contributed by atoms with E-state index in [1.165, 1.54) is 0 Å². The third kappa shape index (κ3) is 4.66. The first kappa shape index (κ1) is 22.9. The van der Waals surface area contributed by atoms with Crippen LogP contribution in [-0.2, 0) is 0 Å². The molecule has 6 rings (SSSR count). The molecule has 0 saturated carbocycles. The van der Waals surface area contributed by atoms with Gasteiger partial charge in [-0.05, 0) is 38.1 Å². The number of carbonyl (C=O) groups excluding carboxylic acids is 1. The predicted octanol–water partition coefficient (Wildman–Crippen LogP) is 1.10. The molecule has 1 aromatic carbocycles. The molecule has 0 spiro atoms. The van der Waals surface area contributed by atoms with Crippen molar-refractivity contribution in [1.82, 2.24) is 40.8 Å². The highest BCUT2D eigenvalue weighted by molar-refractivity contribution is 6.14. The summed E-state index contributed by atoms with van der Waals surface area (Å²) in [5.74, 6) is 0.312. The number of carbonyl (C=O) groups is 1. The standard InChI is InChI=1S/C25H27N11O/c26-24-23(31-20(13-28-24)17-12-30-35(15-17)18-8-10-27-11-9-18)25(37)29-14-22-33-32-21-7-6-19(34-36(21)22)16-4-2-1-3-5-16/h1-7,12-13,15,18,22,27,33H,8-11,14H2,(H2,26,28)(H,29,37). The number of fused-ring (bicyclic) bond motifs is 1. The van der Waals surface area contributed by atoms with Crippen molar-refractivity contribution in [3.05, 3.63) is 72.3 Å². The van der Waals surface area contributed by atoms with E-state index in [1.807, 2.05) is 53.4 Å². The Morgan fingerprint density at radius 2 is 1.95 bits per heavy atom. The summed E-state index contributed by atoms with van der Waals surface area (Å²) in [4.78, 5) is 21.8. The van der Waals surface area contributed by atoms with E-state index in [0.717, 1.165) is 42.8 Å². The van der Waals surface area contributed by atoms with Crippen molar-refractivity contribution in [1.29, 1.82) is 0 Å². The molecule has 0 bridgehead atoms. The van der Waals surface area contributed by atoms with Crippen LogP contribution in [0.15, 0.2) is 71.3 Å². The third-order valence-corrected chi connectivity index (χ3v) is 6.59. The average molecular weight is 498 g/mol. The van der Waals surface area contributed by atoms with Gasteiger partial charge in [-0.1, -0.05) is 30.3 Å². The summed E-state index contributed by atoms with van der Waals surface area (Å²) in [5, 5.41) is 21.5. The molecule has 3 aliphatic heterocycles. The number of hydrogen-bond acceptors (Lipinski definition) is 10. The first-order valence-corrected chi connectivity index (χ1v) is 12.3. The summed E-state index contributed by atoms with van der Waals surface area (Å²) in [7, 11) is 0. The van der Waals surface area contributed by atoms with Crippen LogP contribution in [-0.4, -0.2) is 68.0 Å². The van der Waals surface area contributed by atoms with Gasteiger partial charge in [0.2, 0.25) is 0 Å². The SMILES string of the molecule is Nc1ncc(-c2cnn(C3CCNCC3)c2)nc1C(=O)NCC1NN=C2C=CC(c3ccccc3)=NN21. The third-order valence-electron chi connectivity index (χ3n) is 6.59. The van der Waals surface area contributed by atoms with Crippen LogP contribution in [0.3, 0.4) is 0 Å². The highest BCUT2D eigenvalue weighted by atomic mass is 16.2. The number of amides is 1. The molecule has 1 unspecified atom stereocenters. The number of allylic oxidation sites excluding steroid dienone is 1. The maximum absolute atomic E-state index is 13.0. The van der Waals surface area contributed by atoms with Gasteiger partial charge in [0.05, 0.1) is 36.4 Å². The second-order valence-corrected chi connectivity index (χ2v) is 9.03. The van der Waals surface area contributed by atoms with Gasteiger partial charge in [0.15, 0.2) is 23.5 Å². The van der Waals surface area contributed by atoms with Gasteiger partial charge in [-0.2, -0.15) is 15.3 Å². The Labute approximate surface area is 213 Å². The molecular formula is C25H27N11O. The zero-order valence-electron chi connectivity index (χ0n) is 20.1. The number of aromatic nitrogens is 4. The molecule has 37 heavy (non-hydrogen) atoms. The summed E-state index contributed by atoms with van der Waals surface area (Å²) >= 11 is 0. The van der Waals surface area contributed by atoms with E-state index >= 15 is 0 Å². The zero-order chi connectivity index (χ0) is 25.2. The van der Waals surface area contributed by atoms with Crippen molar-refractivity contribution in [2.45, 2.75) is 25.0 Å². The largest absolute Gasteiger partial charge is 0.382 e. The minimum atomic E-state index is -0.423. The van der Waals surface area contributed by atoms with Gasteiger partial charge >= 0.3 is 0 Å². The monoisotopic (exact) mass is 497 g/mol. The van der Waals surface area contributed by atoms with E-state index in [2.05, 4.69) is 36.2 Å². The number of nitrogens with two attached hydrogens (primary N) is 1. The molecule has 3 aliphatic rings. The molecule has 12 heteroatoms. The number of hydrogen-bond donors (Lipinski definition) is 4. The van der Waals surface area contributed by atoms with Gasteiger partial charge < -0.3 is 16.4 Å². The minimum Gasteiger partial charge on any atom is -0.382 e. The molecule has 1 saturated heterocycles. The number of nitrogens with zero attached hydrogens (tertiary/aromatic N) is 7. The fourth-order valence-electron chi connectivity index (χ4n) is 4.56. The Balaban J connectivity index is 1.14. The van der Waals surface area contributed by atoms with E-state index in [1.54, 1.807) is 17.4 Å². The molecule has 188 valence electrons. The molecule has 12 nitrogen and oxygen atoms in total. The molecule has 2 aromatic heterocycles. The first-order valence-electron chi connectivity index (χ1n) is 12.3. The van der Waals surface area contributed by atoms with E-state index in [-0.39, 0.29) is 24.2 Å². The number of piperidine rings is 1. The highest BCUT2D eigenvalue weighted by Gasteiger charge is 2.29. The summed E-state index contributed by atoms with van der Waals surface area (Å²) in [6.07, 6.45) is 10.8. The molecule has 5 heterocycles. The molecule has 0 radical (unpaired) electrons. The van der Waals surface area contributed by atoms with Gasteiger partial charge in [0.25, 0.3) is 5.91 Å². The van der Waals surface area contributed by atoms with Crippen molar-refractivity contribution in [3.8, 4) is 11.3 Å². The number of nitrogens with one attached hydrogen (secondary N) is 3. The lowest BCUT2D eigenvalue weighted by molar-refractivity contribution is 0.0938. The van der Waals surface area contributed by atoms with Crippen LogP contribution < -0.4 is 21.8 Å². The van der Waals surface area contributed by atoms with E-state index in [0.29, 0.717) is 17.6 Å². The number of rotatable bonds is 6. The average Bonchev–Trinajstić information content (AvgIpc) is 3.60. The predicted molar refractivity (Wildman–Crippen MR) is 139 cm³/mol. The summed E-state index contributed by atoms with van der Waals surface area (Å²) in [5.41, 5.74) is 12.3. The Bertz CT molecular complexity index is 1390. The number of hydrazone groups is 2. The lowest BCUT2D eigenvalue weighted by atomic mass is 10.1. The van der Waals surface area contributed by atoms with Crippen LogP contribution in [0.2, 0.25) is 0 Å². The molecule has 1 amide bonds. The van der Waals surface area contributed by atoms with Crippen LogP contribution in [0.25, 0.3) is 11.3 Å². The van der Waals surface area contributed by atoms with Crippen LogP contribution in [0.1, 0.15) is 34.9 Å². The first-order chi connectivity index (χ1) is 18.2. The van der Waals surface area contributed by atoms with Crippen LogP contribution in [0.5, 0.6) is 0 Å². The van der Waals surface area contributed by atoms with E-state index in [4.69, 9.17) is 10.8 Å². The van der Waals surface area contributed by atoms with Gasteiger partial charge in [0.1, 0.15) is 0 Å². The van der Waals surface area contributed by atoms with Gasteiger partial charge in [-0.15, -0.1) is 0 Å². The van der Waals surface area contributed by atoms with Gasteiger partial charge in [-0.25, -0.2) is 15.0 Å². The smallest absolute Gasteiger partial charge is 0.273 e. The quantitative estimate of drug-likeness (QED) is 0.395. The minimum absolute atomic E-state index is 0.0635. The lowest BCUT2D eigenvalue weighted by Gasteiger charge is -2.24. The molecule has 5 N–H and O–H groups in total. The Morgan fingerprint density at radius 1 is 1.11 bits per heavy atom. The Kier molecular flexibility index (Phi) is 6.06. The normalized spacial score (nSPS) is 19.1. The molecule has 0 aliphatic carbocycles. The summed E-state index contributed by atoms with van der Waals surface area (Å²) in [6.45, 7) is 2.17. The number of nitrogen functional groups attached to an aromatic ring is 1. The maximum atomic E-state index is 13.0. The van der Waals surface area contributed by atoms with E-state index in [9.17, 15) is 4.79 Å². The molecule has 1 fully saturated rings. The molecular weight excluding hydrogens is 470 g/mol.